The zero-order chi connectivity index (χ0) is 13.4. The van der Waals surface area contributed by atoms with Gasteiger partial charge in [-0.2, -0.15) is 0 Å². The van der Waals surface area contributed by atoms with Crippen LogP contribution in [0.15, 0.2) is 18.2 Å². The first kappa shape index (κ1) is 13.2. The molecule has 2 aliphatic rings. The molecule has 2 nitrogen and oxygen atoms in total. The van der Waals surface area contributed by atoms with Gasteiger partial charge in [0.1, 0.15) is 10.7 Å². The van der Waals surface area contributed by atoms with Crippen molar-refractivity contribution >= 4 is 28.8 Å². The minimum absolute atomic E-state index is 0.361. The lowest BCUT2D eigenvalue weighted by molar-refractivity contribution is 0.195. The van der Waals surface area contributed by atoms with E-state index >= 15 is 0 Å². The summed E-state index contributed by atoms with van der Waals surface area (Å²) in [6.45, 7) is 0.761. The number of benzene rings is 1. The Kier molecular flexibility index (Phi) is 3.68. The van der Waals surface area contributed by atoms with E-state index in [1.165, 1.54) is 25.7 Å². The molecule has 2 N–H and O–H groups in total. The van der Waals surface area contributed by atoms with Gasteiger partial charge >= 0.3 is 0 Å². The molecule has 2 aliphatic carbocycles. The number of ether oxygens (including phenoxy) is 1. The van der Waals surface area contributed by atoms with Gasteiger partial charge in [0.15, 0.2) is 0 Å². The zero-order valence-corrected chi connectivity index (χ0v) is 12.3. The van der Waals surface area contributed by atoms with Crippen LogP contribution in [0.2, 0.25) is 5.02 Å². The molecular weight excluding hydrogens is 278 g/mol. The molecule has 19 heavy (non-hydrogen) atoms. The van der Waals surface area contributed by atoms with Crippen LogP contribution >= 0.6 is 23.8 Å². The molecule has 102 valence electrons. The van der Waals surface area contributed by atoms with Crippen LogP contribution in [0.3, 0.4) is 0 Å². The van der Waals surface area contributed by atoms with E-state index in [-0.39, 0.29) is 0 Å². The molecule has 0 amide bonds. The van der Waals surface area contributed by atoms with Crippen LogP contribution in [-0.4, -0.2) is 11.6 Å². The van der Waals surface area contributed by atoms with Crippen molar-refractivity contribution in [3.05, 3.63) is 28.8 Å². The minimum atomic E-state index is 0.361. The highest BCUT2D eigenvalue weighted by Gasteiger charge is 2.39. The van der Waals surface area contributed by atoms with Crippen LogP contribution in [-0.2, 0) is 0 Å². The van der Waals surface area contributed by atoms with E-state index in [0.29, 0.717) is 15.9 Å². The number of halogens is 1. The summed E-state index contributed by atoms with van der Waals surface area (Å²) in [5.74, 6) is 3.21. The molecule has 3 unspecified atom stereocenters. The number of fused-ring (bicyclic) bond motifs is 2. The molecule has 0 spiro atoms. The first-order valence-electron chi connectivity index (χ1n) is 6.85. The summed E-state index contributed by atoms with van der Waals surface area (Å²) in [5, 5.41) is 0.656. The number of hydrogen-bond acceptors (Lipinski definition) is 2. The summed E-state index contributed by atoms with van der Waals surface area (Å²) in [7, 11) is 0. The van der Waals surface area contributed by atoms with Crippen molar-refractivity contribution in [2.75, 3.05) is 6.61 Å². The topological polar surface area (TPSA) is 35.2 Å². The van der Waals surface area contributed by atoms with Gasteiger partial charge in [0, 0.05) is 5.02 Å². The Hall–Kier alpha value is -0.800. The lowest BCUT2D eigenvalue weighted by atomic mass is 9.89. The quantitative estimate of drug-likeness (QED) is 0.859. The average Bonchev–Trinajstić information content (AvgIpc) is 2.98. The third kappa shape index (κ3) is 2.72. The van der Waals surface area contributed by atoms with Crippen LogP contribution in [0, 0.1) is 17.8 Å². The van der Waals surface area contributed by atoms with Crippen molar-refractivity contribution in [1.29, 1.82) is 0 Å². The Labute approximate surface area is 124 Å². The molecule has 1 aromatic rings. The smallest absolute Gasteiger partial charge is 0.130 e. The van der Waals surface area contributed by atoms with Gasteiger partial charge in [-0.15, -0.1) is 0 Å². The summed E-state index contributed by atoms with van der Waals surface area (Å²) >= 11 is 11.1. The molecule has 3 rings (SSSR count). The van der Waals surface area contributed by atoms with Gasteiger partial charge in [-0.05, 0) is 55.2 Å². The number of nitrogens with two attached hydrogens (primary N) is 1. The zero-order valence-electron chi connectivity index (χ0n) is 10.8. The summed E-state index contributed by atoms with van der Waals surface area (Å²) in [5.41, 5.74) is 6.50. The fourth-order valence-corrected chi connectivity index (χ4v) is 3.93. The largest absolute Gasteiger partial charge is 0.492 e. The second kappa shape index (κ2) is 5.29. The molecule has 0 aliphatic heterocycles. The molecule has 1 aromatic carbocycles. The second-order valence-electron chi connectivity index (χ2n) is 5.75. The van der Waals surface area contributed by atoms with Gasteiger partial charge in [0.25, 0.3) is 0 Å². The summed E-state index contributed by atoms with van der Waals surface area (Å²) in [6.07, 6.45) is 5.49. The Balaban J connectivity index is 1.69. The molecule has 2 bridgehead atoms. The van der Waals surface area contributed by atoms with Crippen molar-refractivity contribution < 1.29 is 4.74 Å². The molecule has 0 aromatic heterocycles. The average molecular weight is 296 g/mol. The fourth-order valence-electron chi connectivity index (χ4n) is 3.60. The predicted molar refractivity (Wildman–Crippen MR) is 81.8 cm³/mol. The van der Waals surface area contributed by atoms with Gasteiger partial charge in [-0.1, -0.05) is 30.2 Å². The maximum Gasteiger partial charge on any atom is 0.130 e. The Bertz CT molecular complexity index is 505. The van der Waals surface area contributed by atoms with Crippen LogP contribution in [0.25, 0.3) is 0 Å². The Morgan fingerprint density at radius 3 is 2.84 bits per heavy atom. The van der Waals surface area contributed by atoms with Gasteiger partial charge in [0.2, 0.25) is 0 Å². The Morgan fingerprint density at radius 2 is 2.21 bits per heavy atom. The SMILES string of the molecule is NC(=S)c1ccc(Cl)cc1OCC1CC2CCC1C2. The van der Waals surface area contributed by atoms with Crippen LogP contribution < -0.4 is 10.5 Å². The molecule has 0 saturated heterocycles. The van der Waals surface area contributed by atoms with E-state index in [4.69, 9.17) is 34.3 Å². The van der Waals surface area contributed by atoms with E-state index < -0.39 is 0 Å². The van der Waals surface area contributed by atoms with Crippen molar-refractivity contribution in [3.8, 4) is 5.75 Å². The Morgan fingerprint density at radius 1 is 1.37 bits per heavy atom. The molecule has 0 radical (unpaired) electrons. The second-order valence-corrected chi connectivity index (χ2v) is 6.63. The predicted octanol–water partition coefficient (Wildman–Crippen LogP) is 3.79. The molecule has 3 atom stereocenters. The minimum Gasteiger partial charge on any atom is -0.492 e. The van der Waals surface area contributed by atoms with Crippen LogP contribution in [0.1, 0.15) is 31.2 Å². The number of rotatable bonds is 4. The van der Waals surface area contributed by atoms with Crippen molar-refractivity contribution in [2.45, 2.75) is 25.7 Å². The highest BCUT2D eigenvalue weighted by atomic mass is 35.5. The highest BCUT2D eigenvalue weighted by Crippen LogP contribution is 2.48. The summed E-state index contributed by atoms with van der Waals surface area (Å²) in [4.78, 5) is 0.361. The molecule has 4 heteroatoms. The first-order chi connectivity index (χ1) is 9.13. The summed E-state index contributed by atoms with van der Waals surface area (Å²) < 4.78 is 5.96. The van der Waals surface area contributed by atoms with Crippen LogP contribution in [0.4, 0.5) is 0 Å². The van der Waals surface area contributed by atoms with Gasteiger partial charge < -0.3 is 10.5 Å². The van der Waals surface area contributed by atoms with E-state index in [2.05, 4.69) is 0 Å². The normalized spacial score (nSPS) is 28.6. The number of thiocarbonyl (C=S) groups is 1. The third-order valence-electron chi connectivity index (χ3n) is 4.55. The van der Waals surface area contributed by atoms with E-state index in [0.717, 1.165) is 29.8 Å². The third-order valence-corrected chi connectivity index (χ3v) is 5.00. The maximum absolute atomic E-state index is 6.02. The van der Waals surface area contributed by atoms with Crippen LogP contribution in [0.5, 0.6) is 5.75 Å². The van der Waals surface area contributed by atoms with Gasteiger partial charge in [-0.3, -0.25) is 0 Å². The van der Waals surface area contributed by atoms with E-state index in [9.17, 15) is 0 Å². The maximum atomic E-state index is 6.02. The van der Waals surface area contributed by atoms with Crippen molar-refractivity contribution in [1.82, 2.24) is 0 Å². The molecule has 2 saturated carbocycles. The monoisotopic (exact) mass is 295 g/mol. The van der Waals surface area contributed by atoms with E-state index in [1.54, 1.807) is 6.07 Å². The number of hydrogen-bond donors (Lipinski definition) is 1. The van der Waals surface area contributed by atoms with Gasteiger partial charge in [0.05, 0.1) is 12.2 Å². The molecule has 2 fully saturated rings. The molecule has 0 heterocycles. The van der Waals surface area contributed by atoms with Crippen molar-refractivity contribution in [3.63, 3.8) is 0 Å². The van der Waals surface area contributed by atoms with Gasteiger partial charge in [-0.25, -0.2) is 0 Å². The summed E-state index contributed by atoms with van der Waals surface area (Å²) in [6, 6.07) is 5.44. The van der Waals surface area contributed by atoms with E-state index in [1.807, 2.05) is 12.1 Å². The lowest BCUT2D eigenvalue weighted by Gasteiger charge is -2.22. The highest BCUT2D eigenvalue weighted by molar-refractivity contribution is 7.80. The first-order valence-corrected chi connectivity index (χ1v) is 7.64. The lowest BCUT2D eigenvalue weighted by Crippen LogP contribution is -2.20. The fraction of sp³-hybridized carbons (Fsp3) is 0.533. The standard InChI is InChI=1S/C15H18ClNOS/c16-12-3-4-13(15(17)19)14(7-12)18-8-11-6-9-1-2-10(11)5-9/h3-4,7,9-11H,1-2,5-6,8H2,(H2,17,19). The van der Waals surface area contributed by atoms with Crippen molar-refractivity contribution in [2.24, 2.45) is 23.5 Å². The molecular formula is C15H18ClNOS.